The number of likely N-dealkylation sites (N-methyl/N-ethyl adjacent to an activating group) is 1. The van der Waals surface area contributed by atoms with E-state index in [1.165, 1.54) is 46.4 Å². The topological polar surface area (TPSA) is 65.6 Å². The lowest BCUT2D eigenvalue weighted by Crippen LogP contribution is -2.39. The van der Waals surface area contributed by atoms with Crippen LogP contribution in [-0.4, -0.2) is 43.3 Å². The third-order valence-electron chi connectivity index (χ3n) is 7.84. The predicted octanol–water partition coefficient (Wildman–Crippen LogP) is 9.67. The molecular formula is C40H70N4O2. The molecule has 3 N–H and O–H groups in total. The van der Waals surface area contributed by atoms with Crippen molar-refractivity contribution in [3.8, 4) is 0 Å². The molecule has 2 unspecified atom stereocenters. The minimum atomic E-state index is -0.339. The van der Waals surface area contributed by atoms with Gasteiger partial charge in [-0.1, -0.05) is 104 Å². The van der Waals surface area contributed by atoms with Crippen LogP contribution in [0.15, 0.2) is 65.5 Å². The molecule has 3 rings (SSSR count). The van der Waals surface area contributed by atoms with Crippen LogP contribution in [0.5, 0.6) is 0 Å². The lowest BCUT2D eigenvalue weighted by atomic mass is 9.85. The van der Waals surface area contributed by atoms with Gasteiger partial charge in [-0.2, -0.15) is 0 Å². The second-order valence-corrected chi connectivity index (χ2v) is 12.8. The van der Waals surface area contributed by atoms with E-state index < -0.39 is 0 Å². The molecule has 2 atom stereocenters. The number of allylic oxidation sites excluding steroid dienone is 3. The van der Waals surface area contributed by atoms with Gasteiger partial charge in [-0.25, -0.2) is 5.43 Å². The second kappa shape index (κ2) is 22.7. The number of hydrogen-bond donors (Lipinski definition) is 3. The quantitative estimate of drug-likeness (QED) is 0.157. The number of nitrogens with one attached hydrogen (secondary N) is 3. The average molecular weight is 639 g/mol. The van der Waals surface area contributed by atoms with Crippen molar-refractivity contribution in [2.45, 2.75) is 133 Å². The molecule has 1 aromatic rings. The summed E-state index contributed by atoms with van der Waals surface area (Å²) >= 11 is 0. The number of unbranched alkanes of at least 4 members (excludes halogenated alkanes) is 1. The van der Waals surface area contributed by atoms with E-state index in [1.54, 1.807) is 0 Å². The van der Waals surface area contributed by atoms with Crippen molar-refractivity contribution in [3.05, 3.63) is 76.7 Å². The maximum Gasteiger partial charge on any atom is 0.306 e. The summed E-state index contributed by atoms with van der Waals surface area (Å²) in [7, 11) is 2.03. The summed E-state index contributed by atoms with van der Waals surface area (Å²) in [5.41, 5.74) is 10.5. The maximum atomic E-state index is 11.4. The van der Waals surface area contributed by atoms with Crippen LogP contribution in [0.1, 0.15) is 133 Å². The number of hydrazine groups is 1. The monoisotopic (exact) mass is 639 g/mol. The molecule has 262 valence electrons. The molecule has 0 amide bonds. The molecule has 2 aliphatic heterocycles. The minimum Gasteiger partial charge on any atom is -0.460 e. The van der Waals surface area contributed by atoms with Gasteiger partial charge in [-0.3, -0.25) is 4.79 Å². The van der Waals surface area contributed by atoms with Gasteiger partial charge >= 0.3 is 5.97 Å². The second-order valence-electron chi connectivity index (χ2n) is 12.8. The van der Waals surface area contributed by atoms with E-state index in [-0.39, 0.29) is 17.1 Å². The Balaban J connectivity index is 0.000000911. The zero-order valence-electron chi connectivity index (χ0n) is 32.1. The lowest BCUT2D eigenvalue weighted by molar-refractivity contribution is -0.154. The average Bonchev–Trinajstić information content (AvgIpc) is 3.46. The molecule has 6 nitrogen and oxygen atoms in total. The molecule has 2 heterocycles. The molecule has 0 fully saturated rings. The molecule has 6 heteroatoms. The van der Waals surface area contributed by atoms with Crippen LogP contribution in [0.4, 0.5) is 0 Å². The van der Waals surface area contributed by atoms with Crippen LogP contribution in [0.2, 0.25) is 0 Å². The molecular weight excluding hydrogens is 568 g/mol. The Labute approximate surface area is 284 Å². The fraction of sp³-hybridized carbons (Fsp3) is 0.625. The summed E-state index contributed by atoms with van der Waals surface area (Å²) in [6.07, 6.45) is 14.0. The molecule has 0 aliphatic carbocycles. The van der Waals surface area contributed by atoms with Crippen LogP contribution in [-0.2, 0) is 15.1 Å². The Kier molecular flexibility index (Phi) is 21.3. The van der Waals surface area contributed by atoms with Crippen molar-refractivity contribution in [1.29, 1.82) is 0 Å². The number of esters is 1. The van der Waals surface area contributed by atoms with Crippen molar-refractivity contribution in [2.24, 2.45) is 5.92 Å². The van der Waals surface area contributed by atoms with Gasteiger partial charge in [0.2, 0.25) is 0 Å². The van der Waals surface area contributed by atoms with Gasteiger partial charge in [-0.05, 0) is 94.3 Å². The smallest absolute Gasteiger partial charge is 0.306 e. The highest BCUT2D eigenvalue weighted by Gasteiger charge is 2.28. The van der Waals surface area contributed by atoms with E-state index in [9.17, 15) is 4.79 Å². The summed E-state index contributed by atoms with van der Waals surface area (Å²) in [6, 6.07) is 8.88. The minimum absolute atomic E-state index is 0.0633. The van der Waals surface area contributed by atoms with E-state index in [0.717, 1.165) is 38.4 Å². The molecule has 0 radical (unpaired) electrons. The van der Waals surface area contributed by atoms with Crippen LogP contribution in [0.3, 0.4) is 0 Å². The molecule has 1 aromatic carbocycles. The van der Waals surface area contributed by atoms with Gasteiger partial charge in [0, 0.05) is 38.5 Å². The Morgan fingerprint density at radius 1 is 1.15 bits per heavy atom. The van der Waals surface area contributed by atoms with Gasteiger partial charge in [0.25, 0.3) is 0 Å². The van der Waals surface area contributed by atoms with Crippen LogP contribution in [0.25, 0.3) is 5.57 Å². The number of carbonyl (C=O) groups excluding carboxylic acids is 1. The summed E-state index contributed by atoms with van der Waals surface area (Å²) < 4.78 is 5.23. The summed E-state index contributed by atoms with van der Waals surface area (Å²) in [6.45, 7) is 29.6. The number of rotatable bonds is 12. The Morgan fingerprint density at radius 2 is 1.83 bits per heavy atom. The van der Waals surface area contributed by atoms with Gasteiger partial charge in [0.15, 0.2) is 0 Å². The molecule has 0 saturated carbocycles. The Bertz CT molecular complexity index is 1140. The SMILES string of the molecule is C/C=C(\CNCC)c1cccc(C2(C)C=CC(C3=CN(C)NC3)=C(C)N2)c1.CC.CC.CCC(C)CCCCC(=O)OC(C)(C)C. The van der Waals surface area contributed by atoms with Crippen LogP contribution < -0.4 is 16.1 Å². The van der Waals surface area contributed by atoms with Crippen LogP contribution in [0, 0.1) is 5.92 Å². The first-order valence-electron chi connectivity index (χ1n) is 17.9. The highest BCUT2D eigenvalue weighted by Crippen LogP contribution is 2.33. The fourth-order valence-corrected chi connectivity index (χ4v) is 5.12. The standard InChI is InChI=1S/C23H32N4.C13H26O2.2C2H6/c1-6-18(14-24-7-2)19-9-8-10-21(13-19)23(4)12-11-22(17(3)26-23)20-15-25-27(5)16-20;1-6-11(2)9-7-8-10-12(14)15-13(3,4)5;2*1-2/h6,8-13,16,24-26H,7,14-15H2,1-5H3;11H,6-10H2,1-5H3;2*1-2H3/b18-6+;;;. The molecule has 0 aromatic heterocycles. The van der Waals surface area contributed by atoms with E-state index in [0.29, 0.717) is 6.42 Å². The summed E-state index contributed by atoms with van der Waals surface area (Å²) in [5, 5.41) is 9.20. The molecule has 2 aliphatic rings. The highest BCUT2D eigenvalue weighted by molar-refractivity contribution is 5.69. The zero-order chi connectivity index (χ0) is 35.3. The van der Waals surface area contributed by atoms with Gasteiger partial charge in [0.1, 0.15) is 5.60 Å². The first kappa shape index (κ1) is 43.2. The van der Waals surface area contributed by atoms with Gasteiger partial charge < -0.3 is 20.4 Å². The Morgan fingerprint density at radius 3 is 2.35 bits per heavy atom. The summed E-state index contributed by atoms with van der Waals surface area (Å²) in [4.78, 5) is 11.4. The van der Waals surface area contributed by atoms with Gasteiger partial charge in [-0.15, -0.1) is 0 Å². The predicted molar refractivity (Wildman–Crippen MR) is 201 cm³/mol. The summed E-state index contributed by atoms with van der Waals surface area (Å²) in [5.74, 6) is 0.718. The highest BCUT2D eigenvalue weighted by atomic mass is 16.6. The first-order valence-corrected chi connectivity index (χ1v) is 17.9. The first-order chi connectivity index (χ1) is 21.8. The van der Waals surface area contributed by atoms with Crippen molar-refractivity contribution in [3.63, 3.8) is 0 Å². The van der Waals surface area contributed by atoms with Crippen molar-refractivity contribution >= 4 is 11.5 Å². The lowest BCUT2D eigenvalue weighted by Gasteiger charge is -2.34. The molecule has 0 bridgehead atoms. The fourth-order valence-electron chi connectivity index (χ4n) is 5.12. The third-order valence-corrected chi connectivity index (χ3v) is 7.84. The number of dihydropyridines is 1. The van der Waals surface area contributed by atoms with Crippen molar-refractivity contribution < 1.29 is 9.53 Å². The van der Waals surface area contributed by atoms with Crippen molar-refractivity contribution in [2.75, 3.05) is 26.7 Å². The molecule has 0 saturated heterocycles. The van der Waals surface area contributed by atoms with E-state index in [2.05, 4.69) is 106 Å². The number of hydrogen-bond acceptors (Lipinski definition) is 6. The normalized spacial score (nSPS) is 18.2. The number of benzene rings is 1. The van der Waals surface area contributed by atoms with E-state index >= 15 is 0 Å². The van der Waals surface area contributed by atoms with Crippen LogP contribution >= 0.6 is 0 Å². The number of nitrogens with zero attached hydrogens (tertiary/aromatic N) is 1. The maximum absolute atomic E-state index is 11.4. The molecule has 0 spiro atoms. The van der Waals surface area contributed by atoms with E-state index in [1.807, 2.05) is 60.5 Å². The largest absolute Gasteiger partial charge is 0.460 e. The number of carbonyl (C=O) groups is 1. The van der Waals surface area contributed by atoms with Gasteiger partial charge in [0.05, 0.1) is 5.54 Å². The molecule has 46 heavy (non-hydrogen) atoms. The third kappa shape index (κ3) is 15.6. The van der Waals surface area contributed by atoms with Crippen molar-refractivity contribution in [1.82, 2.24) is 21.1 Å². The Hall–Kier alpha value is -2.83. The number of ether oxygens (including phenoxy) is 1. The zero-order valence-corrected chi connectivity index (χ0v) is 32.1. The van der Waals surface area contributed by atoms with E-state index in [4.69, 9.17) is 4.74 Å².